The van der Waals surface area contributed by atoms with Crippen LogP contribution in [-0.4, -0.2) is 34.7 Å². The van der Waals surface area contributed by atoms with Crippen LogP contribution in [0.2, 0.25) is 0 Å². The van der Waals surface area contributed by atoms with Crippen molar-refractivity contribution in [3.63, 3.8) is 0 Å². The molecule has 0 aliphatic rings. The maximum absolute atomic E-state index is 14.3. The molecule has 1 unspecified atom stereocenters. The molecule has 5 aromatic heterocycles. The standard InChI is InChI=1S/C34H25N7O2/c1-22(37-33(42)30-23(2)38-40-19-9-17-35-32(30)40)29-20-25-11-8-10-24(15-16-26-21-36-39-18-7-6-14-28(26)39)31(25)34(43)41(29)27-12-4-3-5-13-27/h3-14,17-22H,1-2H3,(H,37,42). The Labute approximate surface area is 246 Å². The number of para-hydroxylation sites is 1. The Kier molecular flexibility index (Phi) is 6.29. The van der Waals surface area contributed by atoms with E-state index in [-0.39, 0.29) is 11.5 Å². The zero-order chi connectivity index (χ0) is 29.5. The summed E-state index contributed by atoms with van der Waals surface area (Å²) in [5, 5.41) is 13.1. The molecule has 0 aliphatic carbocycles. The van der Waals surface area contributed by atoms with Gasteiger partial charge in [-0.25, -0.2) is 14.0 Å². The summed E-state index contributed by atoms with van der Waals surface area (Å²) >= 11 is 0. The molecule has 1 atom stereocenters. The number of hydrogen-bond donors (Lipinski definition) is 1. The lowest BCUT2D eigenvalue weighted by Gasteiger charge is -2.21. The number of carbonyl (C=O) groups is 1. The normalized spacial score (nSPS) is 11.9. The van der Waals surface area contributed by atoms with Gasteiger partial charge < -0.3 is 5.32 Å². The predicted octanol–water partition coefficient (Wildman–Crippen LogP) is 4.88. The number of nitrogens with zero attached hydrogens (tertiary/aromatic N) is 6. The zero-order valence-corrected chi connectivity index (χ0v) is 23.4. The Morgan fingerprint density at radius 3 is 2.56 bits per heavy atom. The van der Waals surface area contributed by atoms with E-state index in [0.29, 0.717) is 39.2 Å². The van der Waals surface area contributed by atoms with E-state index < -0.39 is 6.04 Å². The van der Waals surface area contributed by atoms with Gasteiger partial charge in [0.15, 0.2) is 5.65 Å². The molecule has 0 saturated carbocycles. The second-order valence-electron chi connectivity index (χ2n) is 10.2. The fourth-order valence-electron chi connectivity index (χ4n) is 5.42. The maximum Gasteiger partial charge on any atom is 0.264 e. The van der Waals surface area contributed by atoms with Gasteiger partial charge >= 0.3 is 0 Å². The van der Waals surface area contributed by atoms with Gasteiger partial charge in [0.1, 0.15) is 5.56 Å². The molecule has 0 spiro atoms. The minimum absolute atomic E-state index is 0.224. The van der Waals surface area contributed by atoms with Gasteiger partial charge in [-0.1, -0.05) is 48.2 Å². The Morgan fingerprint density at radius 1 is 0.907 bits per heavy atom. The lowest BCUT2D eigenvalue weighted by Crippen LogP contribution is -2.32. The minimum Gasteiger partial charge on any atom is -0.344 e. The average molecular weight is 564 g/mol. The van der Waals surface area contributed by atoms with Crippen molar-refractivity contribution in [2.24, 2.45) is 0 Å². The largest absolute Gasteiger partial charge is 0.344 e. The molecule has 0 bridgehead atoms. The van der Waals surface area contributed by atoms with E-state index in [0.717, 1.165) is 16.5 Å². The smallest absolute Gasteiger partial charge is 0.264 e. The summed E-state index contributed by atoms with van der Waals surface area (Å²) in [6.45, 7) is 3.64. The highest BCUT2D eigenvalue weighted by atomic mass is 16.2. The molecule has 7 rings (SSSR count). The van der Waals surface area contributed by atoms with E-state index in [1.54, 1.807) is 45.2 Å². The molecule has 0 fully saturated rings. The number of fused-ring (bicyclic) bond motifs is 3. The van der Waals surface area contributed by atoms with Gasteiger partial charge in [-0.15, -0.1) is 0 Å². The van der Waals surface area contributed by atoms with E-state index in [1.165, 1.54) is 0 Å². The van der Waals surface area contributed by atoms with Crippen LogP contribution in [0.4, 0.5) is 0 Å². The third kappa shape index (κ3) is 4.51. The number of amides is 1. The number of rotatable bonds is 4. The highest BCUT2D eigenvalue weighted by Gasteiger charge is 2.23. The van der Waals surface area contributed by atoms with Crippen molar-refractivity contribution < 1.29 is 4.79 Å². The number of nitrogens with one attached hydrogen (secondary N) is 1. The molecule has 0 radical (unpaired) electrons. The van der Waals surface area contributed by atoms with Crippen LogP contribution in [-0.2, 0) is 0 Å². The van der Waals surface area contributed by atoms with Crippen LogP contribution >= 0.6 is 0 Å². The molecule has 1 N–H and O–H groups in total. The quantitative estimate of drug-likeness (QED) is 0.308. The van der Waals surface area contributed by atoms with Crippen LogP contribution in [0.5, 0.6) is 0 Å². The molecule has 9 nitrogen and oxygen atoms in total. The lowest BCUT2D eigenvalue weighted by atomic mass is 10.0. The molecule has 1 amide bonds. The molecule has 0 aliphatic heterocycles. The Bertz CT molecular complexity index is 2300. The van der Waals surface area contributed by atoms with Gasteiger partial charge in [0.05, 0.1) is 34.4 Å². The summed E-state index contributed by atoms with van der Waals surface area (Å²) in [7, 11) is 0. The Balaban J connectivity index is 1.35. The van der Waals surface area contributed by atoms with Crippen LogP contribution in [0.25, 0.3) is 27.6 Å². The number of carbonyl (C=O) groups excluding carboxylic acids is 1. The van der Waals surface area contributed by atoms with Gasteiger partial charge in [-0.3, -0.25) is 14.2 Å². The second-order valence-corrected chi connectivity index (χ2v) is 10.2. The Morgan fingerprint density at radius 2 is 1.70 bits per heavy atom. The number of hydrogen-bond acceptors (Lipinski definition) is 5. The second kappa shape index (κ2) is 10.4. The number of benzene rings is 2. The first-order valence-corrected chi connectivity index (χ1v) is 13.8. The maximum atomic E-state index is 14.3. The van der Waals surface area contributed by atoms with Gasteiger partial charge in [-0.2, -0.15) is 10.2 Å². The van der Waals surface area contributed by atoms with Crippen molar-refractivity contribution in [2.75, 3.05) is 0 Å². The van der Waals surface area contributed by atoms with Gasteiger partial charge in [-0.05, 0) is 61.7 Å². The van der Waals surface area contributed by atoms with E-state index in [4.69, 9.17) is 0 Å². The fraction of sp³-hybridized carbons (Fsp3) is 0.0882. The molecular weight excluding hydrogens is 538 g/mol. The van der Waals surface area contributed by atoms with E-state index in [2.05, 4.69) is 32.3 Å². The van der Waals surface area contributed by atoms with Crippen molar-refractivity contribution in [1.29, 1.82) is 0 Å². The fourth-order valence-corrected chi connectivity index (χ4v) is 5.42. The third-order valence-electron chi connectivity index (χ3n) is 7.44. The summed E-state index contributed by atoms with van der Waals surface area (Å²) in [6.07, 6.45) is 6.97. The van der Waals surface area contributed by atoms with Crippen molar-refractivity contribution in [2.45, 2.75) is 19.9 Å². The highest BCUT2D eigenvalue weighted by molar-refractivity contribution is 6.01. The van der Waals surface area contributed by atoms with E-state index in [1.807, 2.05) is 85.9 Å². The molecule has 2 aromatic carbocycles. The first-order valence-electron chi connectivity index (χ1n) is 13.8. The molecule has 9 heteroatoms. The van der Waals surface area contributed by atoms with Crippen molar-refractivity contribution in [3.05, 3.63) is 142 Å². The molecule has 7 aromatic rings. The third-order valence-corrected chi connectivity index (χ3v) is 7.44. The number of aryl methyl sites for hydroxylation is 1. The number of pyridine rings is 2. The van der Waals surface area contributed by atoms with Crippen LogP contribution in [0.1, 0.15) is 45.8 Å². The van der Waals surface area contributed by atoms with Gasteiger partial charge in [0.2, 0.25) is 0 Å². The van der Waals surface area contributed by atoms with Gasteiger partial charge in [0.25, 0.3) is 11.5 Å². The first kappa shape index (κ1) is 25.9. The van der Waals surface area contributed by atoms with Crippen LogP contribution < -0.4 is 10.9 Å². The molecule has 43 heavy (non-hydrogen) atoms. The summed E-state index contributed by atoms with van der Waals surface area (Å²) in [6, 6.07) is 24.0. The molecular formula is C34H25N7O2. The lowest BCUT2D eigenvalue weighted by molar-refractivity contribution is 0.0939. The van der Waals surface area contributed by atoms with Gasteiger partial charge in [0, 0.05) is 35.5 Å². The van der Waals surface area contributed by atoms with Crippen LogP contribution in [0.15, 0.2) is 108 Å². The summed E-state index contributed by atoms with van der Waals surface area (Å²) in [5.41, 5.74) is 4.79. The van der Waals surface area contributed by atoms with Crippen LogP contribution in [0, 0.1) is 18.8 Å². The molecule has 0 saturated heterocycles. The minimum atomic E-state index is -0.531. The van der Waals surface area contributed by atoms with Crippen molar-refractivity contribution in [1.82, 2.24) is 34.1 Å². The highest BCUT2D eigenvalue weighted by Crippen LogP contribution is 2.24. The van der Waals surface area contributed by atoms with E-state index in [9.17, 15) is 9.59 Å². The number of aromatic nitrogens is 6. The van der Waals surface area contributed by atoms with Crippen LogP contribution in [0.3, 0.4) is 0 Å². The van der Waals surface area contributed by atoms with E-state index >= 15 is 0 Å². The zero-order valence-electron chi connectivity index (χ0n) is 23.4. The molecule has 5 heterocycles. The SMILES string of the molecule is Cc1nn2cccnc2c1C(=O)NC(C)c1cc2cccc(C#Cc3cnn4ccccc34)c2c(=O)n1-c1ccccc1. The Hall–Kier alpha value is -6.01. The van der Waals surface area contributed by atoms with Crippen molar-refractivity contribution in [3.8, 4) is 17.5 Å². The predicted molar refractivity (Wildman–Crippen MR) is 164 cm³/mol. The monoisotopic (exact) mass is 563 g/mol. The topological polar surface area (TPSA) is 98.6 Å². The van der Waals surface area contributed by atoms with Crippen molar-refractivity contribution >= 4 is 27.8 Å². The average Bonchev–Trinajstić information content (AvgIpc) is 3.60. The molecule has 208 valence electrons. The summed E-state index contributed by atoms with van der Waals surface area (Å²) in [5.74, 6) is 6.11. The first-order chi connectivity index (χ1) is 21.0. The summed E-state index contributed by atoms with van der Waals surface area (Å²) < 4.78 is 5.00. The summed E-state index contributed by atoms with van der Waals surface area (Å²) in [4.78, 5) is 32.2.